The predicted octanol–water partition coefficient (Wildman–Crippen LogP) is 1.62. The number of benzene rings is 1. The standard InChI is InChI=1S/C7H6F2O3S/c8-6-1-2-7(9)5(3-6)4-12-13(10)11/h1-3H,4H2,(H,10,11). The summed E-state index contributed by atoms with van der Waals surface area (Å²) < 4.78 is 47.7. The smallest absolute Gasteiger partial charge is 0.284 e. The SMILES string of the molecule is O=S(O)OCc1cc(F)ccc1F. The average molecular weight is 208 g/mol. The number of rotatable bonds is 3. The Bertz CT molecular complexity index is 330. The molecule has 0 heterocycles. The summed E-state index contributed by atoms with van der Waals surface area (Å²) in [5.41, 5.74) is -0.0950. The third-order valence-corrected chi connectivity index (χ3v) is 1.64. The molecule has 0 fully saturated rings. The van der Waals surface area contributed by atoms with Gasteiger partial charge in [0.25, 0.3) is 0 Å². The molecule has 0 radical (unpaired) electrons. The van der Waals surface area contributed by atoms with Crippen molar-refractivity contribution < 1.29 is 21.7 Å². The highest BCUT2D eigenvalue weighted by molar-refractivity contribution is 7.74. The molecule has 3 nitrogen and oxygen atoms in total. The zero-order chi connectivity index (χ0) is 9.84. The fourth-order valence-corrected chi connectivity index (χ4v) is 0.996. The van der Waals surface area contributed by atoms with Crippen molar-refractivity contribution in [3.05, 3.63) is 35.4 Å². The van der Waals surface area contributed by atoms with Crippen molar-refractivity contribution in [2.75, 3.05) is 0 Å². The van der Waals surface area contributed by atoms with Crippen LogP contribution in [-0.4, -0.2) is 8.76 Å². The summed E-state index contributed by atoms with van der Waals surface area (Å²) in [5, 5.41) is 0. The molecule has 0 bridgehead atoms. The lowest BCUT2D eigenvalue weighted by Crippen LogP contribution is -1.98. The maximum atomic E-state index is 12.8. The lowest BCUT2D eigenvalue weighted by molar-refractivity contribution is 0.291. The molecule has 6 heteroatoms. The van der Waals surface area contributed by atoms with Crippen molar-refractivity contribution >= 4 is 11.4 Å². The first-order chi connectivity index (χ1) is 6.09. The van der Waals surface area contributed by atoms with Gasteiger partial charge < -0.3 is 0 Å². The van der Waals surface area contributed by atoms with Gasteiger partial charge in [0.15, 0.2) is 0 Å². The second-order valence-electron chi connectivity index (χ2n) is 2.22. The van der Waals surface area contributed by atoms with Crippen LogP contribution in [0.5, 0.6) is 0 Å². The van der Waals surface area contributed by atoms with Crippen LogP contribution in [0.4, 0.5) is 8.78 Å². The average Bonchev–Trinajstić information content (AvgIpc) is 2.06. The summed E-state index contributed by atoms with van der Waals surface area (Å²) >= 11 is -2.47. The molecule has 72 valence electrons. The quantitative estimate of drug-likeness (QED) is 0.768. The molecule has 13 heavy (non-hydrogen) atoms. The fraction of sp³-hybridized carbons (Fsp3) is 0.143. The van der Waals surface area contributed by atoms with Crippen LogP contribution in [0.15, 0.2) is 18.2 Å². The number of hydrogen-bond acceptors (Lipinski definition) is 2. The zero-order valence-electron chi connectivity index (χ0n) is 6.37. The third-order valence-electron chi connectivity index (χ3n) is 1.32. The van der Waals surface area contributed by atoms with E-state index in [-0.39, 0.29) is 5.56 Å². The molecule has 0 saturated carbocycles. The summed E-state index contributed by atoms with van der Waals surface area (Å²) in [4.78, 5) is 0. The lowest BCUT2D eigenvalue weighted by Gasteiger charge is -2.00. The van der Waals surface area contributed by atoms with Crippen LogP contribution in [0.2, 0.25) is 0 Å². The van der Waals surface area contributed by atoms with Crippen LogP contribution < -0.4 is 0 Å². The van der Waals surface area contributed by atoms with Gasteiger partial charge >= 0.3 is 11.4 Å². The molecule has 0 aromatic heterocycles. The van der Waals surface area contributed by atoms with Crippen molar-refractivity contribution in [1.82, 2.24) is 0 Å². The topological polar surface area (TPSA) is 46.5 Å². The lowest BCUT2D eigenvalue weighted by atomic mass is 10.2. The molecule has 1 rings (SSSR count). The monoisotopic (exact) mass is 208 g/mol. The molecule has 0 aliphatic carbocycles. The van der Waals surface area contributed by atoms with Gasteiger partial charge in [-0.1, -0.05) is 0 Å². The van der Waals surface area contributed by atoms with E-state index in [0.717, 1.165) is 18.2 Å². The van der Waals surface area contributed by atoms with Crippen molar-refractivity contribution in [3.63, 3.8) is 0 Å². The molecule has 0 aliphatic heterocycles. The van der Waals surface area contributed by atoms with Crippen LogP contribution in [0.1, 0.15) is 5.56 Å². The van der Waals surface area contributed by atoms with Crippen LogP contribution in [0, 0.1) is 11.6 Å². The highest BCUT2D eigenvalue weighted by Crippen LogP contribution is 2.10. The first-order valence-electron chi connectivity index (χ1n) is 3.27. The minimum Gasteiger partial charge on any atom is -0.284 e. The van der Waals surface area contributed by atoms with Crippen molar-refractivity contribution in [2.45, 2.75) is 6.61 Å². The van der Waals surface area contributed by atoms with E-state index in [0.29, 0.717) is 0 Å². The maximum absolute atomic E-state index is 12.8. The molecule has 1 aromatic rings. The predicted molar refractivity (Wildman–Crippen MR) is 41.9 cm³/mol. The van der Waals surface area contributed by atoms with Gasteiger partial charge in [-0.15, -0.1) is 0 Å². The zero-order valence-corrected chi connectivity index (χ0v) is 7.18. The van der Waals surface area contributed by atoms with Gasteiger partial charge in [-0.3, -0.25) is 8.74 Å². The normalized spacial score (nSPS) is 12.8. The van der Waals surface area contributed by atoms with Gasteiger partial charge in [-0.25, -0.2) is 8.78 Å². The van der Waals surface area contributed by atoms with E-state index in [1.807, 2.05) is 0 Å². The molecule has 1 atom stereocenters. The van der Waals surface area contributed by atoms with Crippen LogP contribution >= 0.6 is 0 Å². The summed E-state index contributed by atoms with van der Waals surface area (Å²) in [6.07, 6.45) is 0. The summed E-state index contributed by atoms with van der Waals surface area (Å²) in [6, 6.07) is 2.78. The largest absolute Gasteiger partial charge is 0.302 e. The number of hydrogen-bond donors (Lipinski definition) is 1. The molecule has 1 unspecified atom stereocenters. The maximum Gasteiger partial charge on any atom is 0.302 e. The Balaban J connectivity index is 2.75. The highest BCUT2D eigenvalue weighted by atomic mass is 32.2. The number of halogens is 2. The molecule has 0 spiro atoms. The van der Waals surface area contributed by atoms with Crippen molar-refractivity contribution in [3.8, 4) is 0 Å². The molecular weight excluding hydrogens is 202 g/mol. The molecule has 1 aromatic carbocycles. The molecular formula is C7H6F2O3S. The second-order valence-corrected chi connectivity index (χ2v) is 2.88. The Kier molecular flexibility index (Phi) is 3.47. The van der Waals surface area contributed by atoms with Crippen molar-refractivity contribution in [2.24, 2.45) is 0 Å². The Morgan fingerprint density at radius 1 is 1.46 bits per heavy atom. The summed E-state index contributed by atoms with van der Waals surface area (Å²) in [7, 11) is 0. The van der Waals surface area contributed by atoms with E-state index in [2.05, 4.69) is 4.18 Å². The van der Waals surface area contributed by atoms with Gasteiger partial charge in [0.2, 0.25) is 0 Å². The Hall–Kier alpha value is -0.850. The fourth-order valence-electron chi connectivity index (χ4n) is 0.768. The van der Waals surface area contributed by atoms with E-state index >= 15 is 0 Å². The molecule has 0 aliphatic rings. The highest BCUT2D eigenvalue weighted by Gasteiger charge is 2.05. The van der Waals surface area contributed by atoms with Gasteiger partial charge in [-0.05, 0) is 18.2 Å². The second kappa shape index (κ2) is 4.40. The van der Waals surface area contributed by atoms with Crippen LogP contribution in [0.25, 0.3) is 0 Å². The molecule has 0 saturated heterocycles. The first-order valence-corrected chi connectivity index (χ1v) is 4.31. The van der Waals surface area contributed by atoms with E-state index in [9.17, 15) is 13.0 Å². The van der Waals surface area contributed by atoms with E-state index in [1.165, 1.54) is 0 Å². The minimum atomic E-state index is -2.47. The first kappa shape index (κ1) is 10.2. The van der Waals surface area contributed by atoms with Gasteiger partial charge in [0.1, 0.15) is 11.6 Å². The Labute approximate surface area is 75.8 Å². The summed E-state index contributed by atoms with van der Waals surface area (Å²) in [5.74, 6) is -1.30. The summed E-state index contributed by atoms with van der Waals surface area (Å²) in [6.45, 7) is -0.438. The van der Waals surface area contributed by atoms with Crippen LogP contribution in [0.3, 0.4) is 0 Å². The van der Waals surface area contributed by atoms with Gasteiger partial charge in [0, 0.05) is 5.56 Å². The van der Waals surface area contributed by atoms with Gasteiger partial charge in [0.05, 0.1) is 6.61 Å². The van der Waals surface area contributed by atoms with Crippen LogP contribution in [-0.2, 0) is 22.2 Å². The Morgan fingerprint density at radius 2 is 2.15 bits per heavy atom. The molecule has 0 amide bonds. The Morgan fingerprint density at radius 3 is 2.77 bits per heavy atom. The van der Waals surface area contributed by atoms with E-state index in [4.69, 9.17) is 4.55 Å². The van der Waals surface area contributed by atoms with E-state index < -0.39 is 29.6 Å². The minimum absolute atomic E-state index is 0.0950. The van der Waals surface area contributed by atoms with Crippen molar-refractivity contribution in [1.29, 1.82) is 0 Å². The molecule has 1 N–H and O–H groups in total. The van der Waals surface area contributed by atoms with E-state index in [1.54, 1.807) is 0 Å². The van der Waals surface area contributed by atoms with Gasteiger partial charge in [-0.2, -0.15) is 4.21 Å². The third kappa shape index (κ3) is 3.17.